The molecule has 51 heavy (non-hydrogen) atoms. The molecule has 0 heterocycles. The Morgan fingerprint density at radius 2 is 0.824 bits per heavy atom. The zero-order valence-electron chi connectivity index (χ0n) is 32.3. The van der Waals surface area contributed by atoms with E-state index >= 15 is 0 Å². The van der Waals surface area contributed by atoms with E-state index in [0.717, 1.165) is 109 Å². The number of hydrogen-bond donors (Lipinski definition) is 1. The average molecular weight is 701 g/mol. The number of carbonyl (C=O) groups is 1. The van der Waals surface area contributed by atoms with Gasteiger partial charge >= 0.3 is 5.97 Å². The lowest BCUT2D eigenvalue weighted by Gasteiger charge is -2.15. The van der Waals surface area contributed by atoms with E-state index in [1.807, 2.05) is 0 Å². The number of unbranched alkanes of at least 4 members (excludes halogenated alkanes) is 4. The van der Waals surface area contributed by atoms with Crippen LogP contribution in [0.1, 0.15) is 129 Å². The van der Waals surface area contributed by atoms with Crippen LogP contribution in [0.15, 0.2) is 134 Å². The molecule has 1 unspecified atom stereocenters. The summed E-state index contributed by atoms with van der Waals surface area (Å²) in [6, 6.07) is 0. The van der Waals surface area contributed by atoms with E-state index in [0.29, 0.717) is 13.0 Å². The third kappa shape index (κ3) is 40.8. The highest BCUT2D eigenvalue weighted by Gasteiger charge is 2.13. The second-order valence-electron chi connectivity index (χ2n) is 12.2. The zero-order chi connectivity index (χ0) is 37.0. The molecule has 0 aromatic heterocycles. The predicted molar refractivity (Wildman–Crippen MR) is 223 cm³/mol. The SMILES string of the molecule is CC/C=C\C/C=C\C/C=C\C/C=C\C/C=C\C/C=C\C/C=C\CCCC(=O)OC(CO)COCCCCC/C=C\C/C=C\C/C=C\C/C=C\CC. The summed E-state index contributed by atoms with van der Waals surface area (Å²) >= 11 is 0. The van der Waals surface area contributed by atoms with Gasteiger partial charge in [-0.15, -0.1) is 0 Å². The molecule has 0 aliphatic carbocycles. The van der Waals surface area contributed by atoms with E-state index in [-0.39, 0.29) is 19.2 Å². The topological polar surface area (TPSA) is 55.8 Å². The van der Waals surface area contributed by atoms with E-state index in [2.05, 4.69) is 148 Å². The van der Waals surface area contributed by atoms with Crippen molar-refractivity contribution in [3.63, 3.8) is 0 Å². The largest absolute Gasteiger partial charge is 0.457 e. The Kier molecular flexibility index (Phi) is 39.8. The lowest BCUT2D eigenvalue weighted by molar-refractivity contribution is -0.154. The first-order chi connectivity index (χ1) is 25.2. The Labute approximate surface area is 313 Å². The van der Waals surface area contributed by atoms with Gasteiger partial charge in [-0.05, 0) is 103 Å². The van der Waals surface area contributed by atoms with Gasteiger partial charge in [0.1, 0.15) is 6.10 Å². The summed E-state index contributed by atoms with van der Waals surface area (Å²) in [4.78, 5) is 12.2. The van der Waals surface area contributed by atoms with Crippen LogP contribution in [0.4, 0.5) is 0 Å². The van der Waals surface area contributed by atoms with Crippen molar-refractivity contribution in [2.24, 2.45) is 0 Å². The third-order valence-corrected chi connectivity index (χ3v) is 7.47. The molecule has 1 atom stereocenters. The molecule has 0 amide bonds. The Balaban J connectivity index is 3.70. The van der Waals surface area contributed by atoms with Crippen LogP contribution in [0.25, 0.3) is 0 Å². The van der Waals surface area contributed by atoms with Crippen LogP contribution < -0.4 is 0 Å². The monoisotopic (exact) mass is 701 g/mol. The first-order valence-corrected chi connectivity index (χ1v) is 19.8. The third-order valence-electron chi connectivity index (χ3n) is 7.47. The van der Waals surface area contributed by atoms with Crippen LogP contribution in [-0.4, -0.2) is 37.0 Å². The molecule has 0 bridgehead atoms. The van der Waals surface area contributed by atoms with Crippen molar-refractivity contribution < 1.29 is 19.4 Å². The van der Waals surface area contributed by atoms with E-state index in [1.54, 1.807) is 0 Å². The van der Waals surface area contributed by atoms with Crippen molar-refractivity contribution in [1.82, 2.24) is 0 Å². The highest BCUT2D eigenvalue weighted by Crippen LogP contribution is 2.06. The maximum atomic E-state index is 12.2. The van der Waals surface area contributed by atoms with Crippen LogP contribution in [0.2, 0.25) is 0 Å². The molecule has 4 heteroatoms. The second-order valence-corrected chi connectivity index (χ2v) is 12.2. The molecule has 0 aromatic carbocycles. The molecule has 0 aliphatic heterocycles. The Hall–Kier alpha value is -3.47. The summed E-state index contributed by atoms with van der Waals surface area (Å²) in [6.45, 7) is 4.95. The zero-order valence-corrected chi connectivity index (χ0v) is 32.3. The molecule has 0 radical (unpaired) electrons. The van der Waals surface area contributed by atoms with E-state index in [9.17, 15) is 9.90 Å². The van der Waals surface area contributed by atoms with E-state index in [1.165, 1.54) is 0 Å². The van der Waals surface area contributed by atoms with E-state index in [4.69, 9.17) is 9.47 Å². The number of esters is 1. The molecule has 0 saturated carbocycles. The Bertz CT molecular complexity index is 1090. The van der Waals surface area contributed by atoms with Crippen LogP contribution in [0.5, 0.6) is 0 Å². The van der Waals surface area contributed by atoms with Crippen LogP contribution >= 0.6 is 0 Å². The smallest absolute Gasteiger partial charge is 0.306 e. The molecular formula is C47H72O4. The molecule has 1 N–H and O–H groups in total. The average Bonchev–Trinajstić information content (AvgIpc) is 3.14. The highest BCUT2D eigenvalue weighted by atomic mass is 16.6. The summed E-state index contributed by atoms with van der Waals surface area (Å²) in [5.74, 6) is -0.277. The maximum Gasteiger partial charge on any atom is 0.306 e. The fraction of sp³-hybridized carbons (Fsp3) is 0.511. The number of aliphatic hydroxyl groups is 1. The Morgan fingerprint density at radius 1 is 0.471 bits per heavy atom. The molecule has 284 valence electrons. The van der Waals surface area contributed by atoms with Crippen LogP contribution in [0, 0.1) is 0 Å². The van der Waals surface area contributed by atoms with Gasteiger partial charge in [0.15, 0.2) is 0 Å². The van der Waals surface area contributed by atoms with Crippen molar-refractivity contribution in [1.29, 1.82) is 0 Å². The summed E-state index contributed by atoms with van der Waals surface area (Å²) in [5.41, 5.74) is 0. The van der Waals surface area contributed by atoms with Gasteiger partial charge in [0, 0.05) is 13.0 Å². The molecule has 0 spiro atoms. The molecule has 0 fully saturated rings. The second kappa shape index (κ2) is 42.7. The van der Waals surface area contributed by atoms with Gasteiger partial charge in [0.05, 0.1) is 13.2 Å². The molecular weight excluding hydrogens is 629 g/mol. The minimum Gasteiger partial charge on any atom is -0.457 e. The summed E-state index contributed by atoms with van der Waals surface area (Å²) < 4.78 is 11.1. The van der Waals surface area contributed by atoms with Crippen molar-refractivity contribution in [2.75, 3.05) is 19.8 Å². The van der Waals surface area contributed by atoms with Gasteiger partial charge in [-0.25, -0.2) is 0 Å². The maximum absolute atomic E-state index is 12.2. The standard InChI is InChI=1S/C47H72O4/c1-3-5-7-9-11-13-15-17-19-21-22-23-24-25-26-27-28-30-32-34-36-38-40-42-47(49)51-46(44-48)45-50-43-41-39-37-35-33-31-29-20-18-16-14-12-10-8-6-4-2/h5-8,11-14,17-20,22-23,25-26,28,30-31,33-34,36,46,48H,3-4,9-10,15-16,21,24,27,29,32,35,37-45H2,1-2H3/b7-5-,8-6-,13-11-,14-12-,19-17-,20-18-,23-22-,26-25-,30-28-,33-31-,36-34-. The Morgan fingerprint density at radius 3 is 1.20 bits per heavy atom. The number of hydrogen-bond acceptors (Lipinski definition) is 4. The van der Waals surface area contributed by atoms with Gasteiger partial charge in [-0.1, -0.05) is 154 Å². The van der Waals surface area contributed by atoms with Crippen LogP contribution in [-0.2, 0) is 14.3 Å². The molecule has 0 aliphatic rings. The van der Waals surface area contributed by atoms with Crippen molar-refractivity contribution in [3.8, 4) is 0 Å². The van der Waals surface area contributed by atoms with Gasteiger partial charge in [-0.2, -0.15) is 0 Å². The predicted octanol–water partition coefficient (Wildman–Crippen LogP) is 13.1. The van der Waals surface area contributed by atoms with E-state index < -0.39 is 6.10 Å². The number of rotatable bonds is 34. The fourth-order valence-electron chi connectivity index (χ4n) is 4.60. The summed E-state index contributed by atoms with van der Waals surface area (Å²) in [7, 11) is 0. The lowest BCUT2D eigenvalue weighted by Crippen LogP contribution is -2.27. The van der Waals surface area contributed by atoms with Gasteiger partial charge < -0.3 is 14.6 Å². The van der Waals surface area contributed by atoms with Crippen molar-refractivity contribution >= 4 is 5.97 Å². The minimum absolute atomic E-state index is 0.219. The first-order valence-electron chi connectivity index (χ1n) is 19.8. The van der Waals surface area contributed by atoms with Crippen LogP contribution in [0.3, 0.4) is 0 Å². The van der Waals surface area contributed by atoms with Crippen molar-refractivity contribution in [3.05, 3.63) is 134 Å². The minimum atomic E-state index is -0.592. The normalized spacial score (nSPS) is 13.9. The number of ether oxygens (including phenoxy) is 2. The highest BCUT2D eigenvalue weighted by molar-refractivity contribution is 5.69. The molecule has 4 nitrogen and oxygen atoms in total. The fourth-order valence-corrected chi connectivity index (χ4v) is 4.60. The molecule has 0 saturated heterocycles. The van der Waals surface area contributed by atoms with Crippen molar-refractivity contribution in [2.45, 2.75) is 136 Å². The quantitative estimate of drug-likeness (QED) is 0.0412. The number of carbonyl (C=O) groups excluding carboxylic acids is 1. The number of allylic oxidation sites excluding steroid dienone is 22. The van der Waals surface area contributed by atoms with Gasteiger partial charge in [0.2, 0.25) is 0 Å². The number of aliphatic hydroxyl groups excluding tert-OH is 1. The van der Waals surface area contributed by atoms with Gasteiger partial charge in [0.25, 0.3) is 0 Å². The molecule has 0 rings (SSSR count). The first kappa shape index (κ1) is 47.5. The molecule has 0 aromatic rings. The van der Waals surface area contributed by atoms with Gasteiger partial charge in [-0.3, -0.25) is 4.79 Å². The summed E-state index contributed by atoms with van der Waals surface area (Å²) in [5, 5.41) is 9.57. The summed E-state index contributed by atoms with van der Waals surface area (Å²) in [6.07, 6.45) is 65.0. The lowest BCUT2D eigenvalue weighted by atomic mass is 10.2.